The summed E-state index contributed by atoms with van der Waals surface area (Å²) in [7, 11) is 0. The van der Waals surface area contributed by atoms with E-state index in [1.54, 1.807) is 4.68 Å². The van der Waals surface area contributed by atoms with Crippen LogP contribution in [-0.4, -0.2) is 27.1 Å². The highest BCUT2D eigenvalue weighted by Crippen LogP contribution is 2.05. The molecule has 16 heavy (non-hydrogen) atoms. The first-order valence-corrected chi connectivity index (χ1v) is 5.64. The Labute approximate surface area is 96.0 Å². The fraction of sp³-hybridized carbons (Fsp3) is 0.727. The highest BCUT2D eigenvalue weighted by atomic mass is 16.1. The van der Waals surface area contributed by atoms with Gasteiger partial charge in [0, 0.05) is 19.0 Å². The van der Waals surface area contributed by atoms with Gasteiger partial charge in [0.2, 0.25) is 0 Å². The Hall–Kier alpha value is -1.23. The molecule has 0 saturated heterocycles. The van der Waals surface area contributed by atoms with E-state index in [1.807, 2.05) is 6.92 Å². The van der Waals surface area contributed by atoms with E-state index in [2.05, 4.69) is 23.9 Å². The first-order chi connectivity index (χ1) is 7.54. The molecule has 2 N–H and O–H groups in total. The molecule has 5 nitrogen and oxygen atoms in total. The average Bonchev–Trinajstić information content (AvgIpc) is 2.63. The third kappa shape index (κ3) is 3.41. The van der Waals surface area contributed by atoms with Crippen LogP contribution in [0.3, 0.4) is 0 Å². The van der Waals surface area contributed by atoms with Gasteiger partial charge in [-0.3, -0.25) is 4.79 Å². The molecule has 1 aromatic rings. The zero-order valence-corrected chi connectivity index (χ0v) is 10.2. The van der Waals surface area contributed by atoms with Crippen LogP contribution in [0.2, 0.25) is 0 Å². The summed E-state index contributed by atoms with van der Waals surface area (Å²) in [5.74, 6) is 1.24. The van der Waals surface area contributed by atoms with E-state index < -0.39 is 0 Å². The highest BCUT2D eigenvalue weighted by molar-refractivity contribution is 5.82. The van der Waals surface area contributed by atoms with Crippen molar-refractivity contribution in [1.82, 2.24) is 14.8 Å². The van der Waals surface area contributed by atoms with Crippen LogP contribution in [0.25, 0.3) is 0 Å². The van der Waals surface area contributed by atoms with Gasteiger partial charge in [0.25, 0.3) is 0 Å². The Kier molecular flexibility index (Phi) is 4.61. The van der Waals surface area contributed by atoms with Gasteiger partial charge in [-0.2, -0.15) is 5.10 Å². The molecular formula is C11H20N4O. The monoisotopic (exact) mass is 224 g/mol. The number of Topliss-reactive ketones (excluding diaryl/α,β-unsaturated/α-hetero) is 1. The summed E-state index contributed by atoms with van der Waals surface area (Å²) in [6.45, 7) is 7.23. The summed E-state index contributed by atoms with van der Waals surface area (Å²) < 4.78 is 1.80. The second kappa shape index (κ2) is 5.75. The topological polar surface area (TPSA) is 73.8 Å². The summed E-state index contributed by atoms with van der Waals surface area (Å²) in [5, 5.41) is 4.12. The molecular weight excluding hydrogens is 204 g/mol. The van der Waals surface area contributed by atoms with Gasteiger partial charge in [-0.15, -0.1) is 0 Å². The lowest BCUT2D eigenvalue weighted by atomic mass is 10.0. The molecule has 0 saturated carbocycles. The SMILES string of the molecule is CC(C)Cn1ncnc1CC(=O)C(C)CN. The number of aromatic nitrogens is 3. The maximum Gasteiger partial charge on any atom is 0.144 e. The van der Waals surface area contributed by atoms with Crippen molar-refractivity contribution in [1.29, 1.82) is 0 Å². The molecule has 0 aliphatic carbocycles. The first-order valence-electron chi connectivity index (χ1n) is 5.64. The summed E-state index contributed by atoms with van der Waals surface area (Å²) in [6.07, 6.45) is 1.82. The molecule has 0 bridgehead atoms. The quantitative estimate of drug-likeness (QED) is 0.769. The lowest BCUT2D eigenvalue weighted by Crippen LogP contribution is -2.24. The van der Waals surface area contributed by atoms with Gasteiger partial charge < -0.3 is 5.73 Å². The second-order valence-corrected chi connectivity index (χ2v) is 4.53. The van der Waals surface area contributed by atoms with Crippen LogP contribution in [0.1, 0.15) is 26.6 Å². The molecule has 1 heterocycles. The Bertz CT molecular complexity index is 346. The smallest absolute Gasteiger partial charge is 0.144 e. The van der Waals surface area contributed by atoms with Crippen molar-refractivity contribution < 1.29 is 4.79 Å². The van der Waals surface area contributed by atoms with E-state index in [9.17, 15) is 4.79 Å². The molecule has 1 atom stereocenters. The minimum atomic E-state index is -0.107. The molecule has 0 aromatic carbocycles. The van der Waals surface area contributed by atoms with Crippen LogP contribution in [0.15, 0.2) is 6.33 Å². The van der Waals surface area contributed by atoms with E-state index in [0.29, 0.717) is 18.9 Å². The van der Waals surface area contributed by atoms with Gasteiger partial charge in [-0.1, -0.05) is 20.8 Å². The zero-order valence-electron chi connectivity index (χ0n) is 10.2. The summed E-state index contributed by atoms with van der Waals surface area (Å²) in [4.78, 5) is 15.8. The number of carbonyl (C=O) groups excluding carboxylic acids is 1. The standard InChI is InChI=1S/C11H20N4O/c1-8(2)6-15-11(13-7-14-15)4-10(16)9(3)5-12/h7-9H,4-6,12H2,1-3H3. The lowest BCUT2D eigenvalue weighted by molar-refractivity contribution is -0.121. The van der Waals surface area contributed by atoms with Gasteiger partial charge in [-0.05, 0) is 5.92 Å². The summed E-state index contributed by atoms with van der Waals surface area (Å²) in [5.41, 5.74) is 5.46. The van der Waals surface area contributed by atoms with Crippen molar-refractivity contribution in [2.45, 2.75) is 33.7 Å². The molecule has 1 unspecified atom stereocenters. The molecule has 90 valence electrons. The van der Waals surface area contributed by atoms with Crippen LogP contribution >= 0.6 is 0 Å². The number of carbonyl (C=O) groups is 1. The maximum atomic E-state index is 11.7. The van der Waals surface area contributed by atoms with Gasteiger partial charge in [0.1, 0.15) is 17.9 Å². The van der Waals surface area contributed by atoms with E-state index in [4.69, 9.17) is 5.73 Å². The maximum absolute atomic E-state index is 11.7. The Morgan fingerprint density at radius 1 is 1.50 bits per heavy atom. The largest absolute Gasteiger partial charge is 0.330 e. The number of nitrogens with two attached hydrogens (primary N) is 1. The number of rotatable bonds is 6. The van der Waals surface area contributed by atoms with Crippen molar-refractivity contribution in [3.63, 3.8) is 0 Å². The fourth-order valence-electron chi connectivity index (χ4n) is 1.38. The number of hydrogen-bond acceptors (Lipinski definition) is 4. The molecule has 0 aliphatic heterocycles. The molecule has 0 spiro atoms. The number of ketones is 1. The van der Waals surface area contributed by atoms with Crippen molar-refractivity contribution >= 4 is 5.78 Å². The zero-order chi connectivity index (χ0) is 12.1. The Morgan fingerprint density at radius 2 is 2.19 bits per heavy atom. The van der Waals surface area contributed by atoms with Crippen LogP contribution in [0, 0.1) is 11.8 Å². The number of nitrogens with zero attached hydrogens (tertiary/aromatic N) is 3. The summed E-state index contributed by atoms with van der Waals surface area (Å²) in [6, 6.07) is 0. The van der Waals surface area contributed by atoms with Crippen molar-refractivity contribution in [2.75, 3.05) is 6.54 Å². The van der Waals surface area contributed by atoms with E-state index >= 15 is 0 Å². The van der Waals surface area contributed by atoms with Crippen LogP contribution in [-0.2, 0) is 17.8 Å². The molecule has 0 aliphatic rings. The Balaban J connectivity index is 2.66. The van der Waals surface area contributed by atoms with E-state index in [0.717, 1.165) is 12.4 Å². The predicted molar refractivity (Wildman–Crippen MR) is 61.8 cm³/mol. The minimum absolute atomic E-state index is 0.107. The second-order valence-electron chi connectivity index (χ2n) is 4.53. The van der Waals surface area contributed by atoms with Crippen LogP contribution in [0.4, 0.5) is 0 Å². The normalized spacial score (nSPS) is 13.1. The van der Waals surface area contributed by atoms with Crippen LogP contribution < -0.4 is 5.73 Å². The molecule has 0 fully saturated rings. The predicted octanol–water partition coefficient (Wildman–Crippen LogP) is 0.640. The Morgan fingerprint density at radius 3 is 2.75 bits per heavy atom. The lowest BCUT2D eigenvalue weighted by Gasteiger charge is -2.10. The molecule has 0 amide bonds. The first kappa shape index (κ1) is 12.8. The molecule has 5 heteroatoms. The third-order valence-corrected chi connectivity index (χ3v) is 2.47. The third-order valence-electron chi connectivity index (χ3n) is 2.47. The summed E-state index contributed by atoms with van der Waals surface area (Å²) >= 11 is 0. The fourth-order valence-corrected chi connectivity index (χ4v) is 1.38. The minimum Gasteiger partial charge on any atom is -0.330 e. The van der Waals surface area contributed by atoms with Gasteiger partial charge in [0.15, 0.2) is 0 Å². The molecule has 1 rings (SSSR count). The number of hydrogen-bond donors (Lipinski definition) is 1. The van der Waals surface area contributed by atoms with Crippen molar-refractivity contribution in [3.05, 3.63) is 12.2 Å². The molecule has 0 radical (unpaired) electrons. The van der Waals surface area contributed by atoms with Crippen molar-refractivity contribution in [3.8, 4) is 0 Å². The van der Waals surface area contributed by atoms with Crippen molar-refractivity contribution in [2.24, 2.45) is 17.6 Å². The van der Waals surface area contributed by atoms with Gasteiger partial charge in [0.05, 0.1) is 6.42 Å². The highest BCUT2D eigenvalue weighted by Gasteiger charge is 2.15. The van der Waals surface area contributed by atoms with E-state index in [-0.39, 0.29) is 11.7 Å². The van der Waals surface area contributed by atoms with Crippen LogP contribution in [0.5, 0.6) is 0 Å². The average molecular weight is 224 g/mol. The molecule has 1 aromatic heterocycles. The van der Waals surface area contributed by atoms with E-state index in [1.165, 1.54) is 6.33 Å². The van der Waals surface area contributed by atoms with Gasteiger partial charge in [-0.25, -0.2) is 9.67 Å². The van der Waals surface area contributed by atoms with Gasteiger partial charge >= 0.3 is 0 Å².